The van der Waals surface area contributed by atoms with E-state index < -0.39 is 23.6 Å². The lowest BCUT2D eigenvalue weighted by Gasteiger charge is -2.34. The third-order valence-electron chi connectivity index (χ3n) is 7.13. The highest BCUT2D eigenvalue weighted by Crippen LogP contribution is 2.30. The summed E-state index contributed by atoms with van der Waals surface area (Å²) in [5, 5.41) is 9.07. The number of likely N-dealkylation sites (N-methyl/N-ethyl adjacent to an activating group) is 1. The number of aromatic nitrogens is 3. The van der Waals surface area contributed by atoms with Crippen LogP contribution in [0.5, 0.6) is 0 Å². The number of hydrogen-bond acceptors (Lipinski definition) is 9. The molecule has 2 aromatic carbocycles. The van der Waals surface area contributed by atoms with E-state index in [9.17, 15) is 22.8 Å². The zero-order valence-electron chi connectivity index (χ0n) is 24.3. The molecule has 0 saturated carbocycles. The van der Waals surface area contributed by atoms with Crippen LogP contribution < -0.4 is 20.9 Å². The molecule has 0 aliphatic carbocycles. The van der Waals surface area contributed by atoms with Crippen LogP contribution in [0.3, 0.4) is 0 Å². The summed E-state index contributed by atoms with van der Waals surface area (Å²) >= 11 is 1.15. The summed E-state index contributed by atoms with van der Waals surface area (Å²) in [6, 6.07) is 10.9. The highest BCUT2D eigenvalue weighted by Gasteiger charge is 2.31. The maximum absolute atomic E-state index is 13.1. The summed E-state index contributed by atoms with van der Waals surface area (Å²) in [7, 11) is 0. The third-order valence-corrected chi connectivity index (χ3v) is 8.04. The molecule has 3 N–H and O–H groups in total. The van der Waals surface area contributed by atoms with Gasteiger partial charge in [-0.05, 0) is 56.3 Å². The van der Waals surface area contributed by atoms with E-state index in [1.54, 1.807) is 25.1 Å². The lowest BCUT2D eigenvalue weighted by molar-refractivity contribution is -0.137. The van der Waals surface area contributed by atoms with E-state index in [0.717, 1.165) is 67.6 Å². The summed E-state index contributed by atoms with van der Waals surface area (Å²) in [6.07, 6.45) is -3.11. The number of nitrogens with zero attached hydrogens (tertiary/aromatic N) is 5. The number of anilines is 5. The maximum atomic E-state index is 13.1. The molecule has 230 valence electrons. The molecule has 4 aromatic rings. The molecular formula is C30H31F3N8O2S. The largest absolute Gasteiger partial charge is 0.416 e. The lowest BCUT2D eigenvalue weighted by Crippen LogP contribution is -2.46. The second-order valence-corrected chi connectivity index (χ2v) is 11.3. The minimum absolute atomic E-state index is 0.138. The van der Waals surface area contributed by atoms with Gasteiger partial charge in [0, 0.05) is 49.2 Å². The van der Waals surface area contributed by atoms with E-state index in [2.05, 4.69) is 47.6 Å². The predicted octanol–water partition coefficient (Wildman–Crippen LogP) is 5.96. The van der Waals surface area contributed by atoms with Crippen LogP contribution in [0.25, 0.3) is 0 Å². The maximum Gasteiger partial charge on any atom is 0.416 e. The number of piperazine rings is 1. The SMILES string of the molecule is CCN1CCN(c2cc(Nc3ncc(C(=O)Nc4cc(NC(=O)c5cccc(C(F)(F)F)c5)ccc4C)s3)nc(C)n2)CC1. The number of carbonyl (C=O) groups excluding carboxylic acids is 2. The number of hydrogen-bond donors (Lipinski definition) is 3. The fourth-order valence-corrected chi connectivity index (χ4v) is 5.39. The Kier molecular flexibility index (Phi) is 9.11. The van der Waals surface area contributed by atoms with Gasteiger partial charge in [0.1, 0.15) is 22.3 Å². The van der Waals surface area contributed by atoms with Crippen LogP contribution in [0.4, 0.5) is 41.3 Å². The Balaban J connectivity index is 1.24. The van der Waals surface area contributed by atoms with Crippen LogP contribution in [0.1, 0.15) is 43.9 Å². The molecule has 0 bridgehead atoms. The number of halogens is 3. The number of alkyl halides is 3. The van der Waals surface area contributed by atoms with E-state index in [1.807, 2.05) is 13.0 Å². The van der Waals surface area contributed by atoms with Crippen molar-refractivity contribution in [3.8, 4) is 0 Å². The molecule has 2 amide bonds. The third kappa shape index (κ3) is 7.50. The van der Waals surface area contributed by atoms with Gasteiger partial charge in [0.25, 0.3) is 11.8 Å². The molecule has 44 heavy (non-hydrogen) atoms. The topological polar surface area (TPSA) is 115 Å². The van der Waals surface area contributed by atoms with Crippen molar-refractivity contribution in [1.29, 1.82) is 0 Å². The average Bonchev–Trinajstić information content (AvgIpc) is 3.47. The second-order valence-electron chi connectivity index (χ2n) is 10.3. The minimum Gasteiger partial charge on any atom is -0.354 e. The van der Waals surface area contributed by atoms with E-state index >= 15 is 0 Å². The van der Waals surface area contributed by atoms with Crippen molar-refractivity contribution in [2.75, 3.05) is 53.6 Å². The summed E-state index contributed by atoms with van der Waals surface area (Å²) in [5.74, 6) is 0.913. The molecule has 0 spiro atoms. The van der Waals surface area contributed by atoms with Crippen molar-refractivity contribution in [1.82, 2.24) is 19.9 Å². The van der Waals surface area contributed by atoms with Crippen molar-refractivity contribution in [2.24, 2.45) is 0 Å². The molecule has 1 saturated heterocycles. The number of aryl methyl sites for hydroxylation is 2. The van der Waals surface area contributed by atoms with Crippen molar-refractivity contribution >= 4 is 51.3 Å². The quantitative estimate of drug-likeness (QED) is 0.220. The number of rotatable bonds is 8. The van der Waals surface area contributed by atoms with Crippen molar-refractivity contribution in [3.63, 3.8) is 0 Å². The van der Waals surface area contributed by atoms with E-state index in [-0.39, 0.29) is 5.56 Å². The van der Waals surface area contributed by atoms with Gasteiger partial charge in [0.2, 0.25) is 0 Å². The molecule has 1 fully saturated rings. The van der Waals surface area contributed by atoms with Crippen LogP contribution in [-0.4, -0.2) is 64.4 Å². The molecule has 0 radical (unpaired) electrons. The van der Waals surface area contributed by atoms with E-state index in [0.29, 0.717) is 33.0 Å². The molecule has 5 rings (SSSR count). The van der Waals surface area contributed by atoms with Crippen LogP contribution >= 0.6 is 11.3 Å². The van der Waals surface area contributed by atoms with Gasteiger partial charge < -0.3 is 25.8 Å². The first-order valence-corrected chi connectivity index (χ1v) is 14.8. The van der Waals surface area contributed by atoms with Crippen molar-refractivity contribution < 1.29 is 22.8 Å². The van der Waals surface area contributed by atoms with Gasteiger partial charge in [-0.2, -0.15) is 13.2 Å². The standard InChI is InChI=1S/C30H31F3N8O2S/c1-4-40-10-12-41(13-11-40)26-16-25(35-19(3)36-26)39-29-34-17-24(44-29)28(43)38-23-15-22(9-8-18(23)2)37-27(42)20-6-5-7-21(14-20)30(31,32)33/h5-9,14-17H,4,10-13H2,1-3H3,(H,37,42)(H,38,43)(H,34,35,36,39). The number of thiazole rings is 1. The van der Waals surface area contributed by atoms with E-state index in [4.69, 9.17) is 0 Å². The van der Waals surface area contributed by atoms with Gasteiger partial charge in [0.05, 0.1) is 11.8 Å². The fraction of sp³-hybridized carbons (Fsp3) is 0.300. The van der Waals surface area contributed by atoms with Gasteiger partial charge in [-0.1, -0.05) is 30.4 Å². The minimum atomic E-state index is -4.56. The number of benzene rings is 2. The lowest BCUT2D eigenvalue weighted by atomic mass is 10.1. The Morgan fingerprint density at radius 3 is 2.45 bits per heavy atom. The van der Waals surface area contributed by atoms with Gasteiger partial charge in [-0.15, -0.1) is 0 Å². The molecule has 3 heterocycles. The average molecular weight is 625 g/mol. The first-order valence-electron chi connectivity index (χ1n) is 13.9. The zero-order chi connectivity index (χ0) is 31.4. The number of nitrogens with one attached hydrogen (secondary N) is 3. The summed E-state index contributed by atoms with van der Waals surface area (Å²) in [6.45, 7) is 10.5. The molecule has 0 unspecified atom stereocenters. The first kappa shape index (κ1) is 30.9. The second kappa shape index (κ2) is 13.0. The smallest absolute Gasteiger partial charge is 0.354 e. The molecule has 14 heteroatoms. The van der Waals surface area contributed by atoms with E-state index in [1.165, 1.54) is 18.3 Å². The number of amides is 2. The van der Waals surface area contributed by atoms with Gasteiger partial charge in [-0.3, -0.25) is 9.59 Å². The Labute approximate surface area is 256 Å². The Bertz CT molecular complexity index is 1670. The highest BCUT2D eigenvalue weighted by molar-refractivity contribution is 7.17. The van der Waals surface area contributed by atoms with Gasteiger partial charge >= 0.3 is 6.18 Å². The van der Waals surface area contributed by atoms with Gasteiger partial charge in [0.15, 0.2) is 5.13 Å². The highest BCUT2D eigenvalue weighted by atomic mass is 32.1. The van der Waals surface area contributed by atoms with Crippen molar-refractivity contribution in [2.45, 2.75) is 26.9 Å². The van der Waals surface area contributed by atoms with Crippen molar-refractivity contribution in [3.05, 3.63) is 82.1 Å². The summed E-state index contributed by atoms with van der Waals surface area (Å²) in [5.41, 5.74) is 0.411. The van der Waals surface area contributed by atoms with Crippen LogP contribution in [-0.2, 0) is 6.18 Å². The Hall–Kier alpha value is -4.56. The number of carbonyl (C=O) groups is 2. The Morgan fingerprint density at radius 2 is 1.73 bits per heavy atom. The molecule has 10 nitrogen and oxygen atoms in total. The molecular weight excluding hydrogens is 593 g/mol. The van der Waals surface area contributed by atoms with Crippen LogP contribution in [0.2, 0.25) is 0 Å². The summed E-state index contributed by atoms with van der Waals surface area (Å²) in [4.78, 5) is 44.1. The summed E-state index contributed by atoms with van der Waals surface area (Å²) < 4.78 is 39.2. The van der Waals surface area contributed by atoms with Crippen LogP contribution in [0.15, 0.2) is 54.7 Å². The van der Waals surface area contributed by atoms with Gasteiger partial charge in [-0.25, -0.2) is 15.0 Å². The molecule has 0 atom stereocenters. The van der Waals surface area contributed by atoms with Crippen LogP contribution in [0, 0.1) is 13.8 Å². The first-order chi connectivity index (χ1) is 21.0. The Morgan fingerprint density at radius 1 is 0.955 bits per heavy atom. The monoisotopic (exact) mass is 624 g/mol. The fourth-order valence-electron chi connectivity index (χ4n) is 4.68. The normalized spacial score (nSPS) is 13.9. The molecule has 1 aliphatic heterocycles. The predicted molar refractivity (Wildman–Crippen MR) is 165 cm³/mol. The molecule has 2 aromatic heterocycles. The zero-order valence-corrected chi connectivity index (χ0v) is 25.1. The molecule has 1 aliphatic rings.